The molecule has 2 rings (SSSR count). The molecule has 1 aliphatic heterocycles. The van der Waals surface area contributed by atoms with E-state index in [2.05, 4.69) is 14.5 Å². The van der Waals surface area contributed by atoms with E-state index in [-0.39, 0.29) is 24.7 Å². The summed E-state index contributed by atoms with van der Waals surface area (Å²) >= 11 is 0. The zero-order valence-corrected chi connectivity index (χ0v) is 21.2. The maximum atomic E-state index is 12.5. The van der Waals surface area contributed by atoms with Crippen molar-refractivity contribution in [2.45, 2.75) is 63.6 Å². The van der Waals surface area contributed by atoms with Gasteiger partial charge in [-0.15, -0.1) is 0 Å². The smallest absolute Gasteiger partial charge is 0.338 e. The van der Waals surface area contributed by atoms with Gasteiger partial charge in [-0.25, -0.2) is 4.79 Å². The summed E-state index contributed by atoms with van der Waals surface area (Å²) in [6.45, 7) is 2.47. The second-order valence-electron chi connectivity index (χ2n) is 8.18. The zero-order valence-electron chi connectivity index (χ0n) is 20.3. The molecular weight excluding hydrogens is 485 g/mol. The number of nitrogens with two attached hydrogens (primary N) is 2. The summed E-state index contributed by atoms with van der Waals surface area (Å²) < 4.78 is 40.1. The molecule has 0 saturated carbocycles. The molecule has 35 heavy (non-hydrogen) atoms. The predicted molar refractivity (Wildman–Crippen MR) is 123 cm³/mol. The first-order chi connectivity index (χ1) is 16.6. The number of rotatable bonds is 15. The highest BCUT2D eigenvalue weighted by Gasteiger charge is 2.49. The molecule has 2 unspecified atom stereocenters. The molecule has 15 heteroatoms. The third-order valence-corrected chi connectivity index (χ3v) is 6.42. The van der Waals surface area contributed by atoms with Crippen molar-refractivity contribution in [2.24, 2.45) is 11.5 Å². The number of methoxy groups -OCH3 is 1. The average Bonchev–Trinajstić information content (AvgIpc) is 3.11. The van der Waals surface area contributed by atoms with Crippen molar-refractivity contribution in [1.82, 2.24) is 9.55 Å². The van der Waals surface area contributed by atoms with E-state index in [1.807, 2.05) is 0 Å². The summed E-state index contributed by atoms with van der Waals surface area (Å²) in [5, 5.41) is 0. The van der Waals surface area contributed by atoms with Crippen molar-refractivity contribution in [3.8, 4) is 0 Å². The number of hydrogen-bond acceptors (Lipinski definition) is 9. The molecule has 0 radical (unpaired) electrons. The number of guanidine groups is 1. The topological polar surface area (TPSA) is 207 Å². The van der Waals surface area contributed by atoms with Crippen LogP contribution in [0.15, 0.2) is 15.8 Å². The van der Waals surface area contributed by atoms with E-state index >= 15 is 0 Å². The molecule has 0 amide bonds. The standard InChI is InChI=1S/C20H36N5O9P/c1-13-11-25(20(27)24-17(13)26)18-16(32-10-8-6-4-5-7-9-23-19(21)22)15(14(33-18)12-30-2)34-35(28,29)31-3/h11,14-16,18H,4-10,12H2,1-3H3,(H,28,29)(H4,21,22,23)(H,24,26,27)/t14-,15?,16+,18-/m1/s1. The number of phosphoric acid groups is 1. The van der Waals surface area contributed by atoms with Crippen LogP contribution < -0.4 is 32.6 Å². The first-order valence-electron chi connectivity index (χ1n) is 11.3. The number of aromatic amines is 1. The second-order valence-corrected chi connectivity index (χ2v) is 9.65. The molecule has 0 bridgehead atoms. The first kappa shape index (κ1) is 29.2. The molecule has 2 heterocycles. The molecule has 1 saturated heterocycles. The number of aryl methyl sites for hydroxylation is 1. The van der Waals surface area contributed by atoms with Crippen LogP contribution in [0.3, 0.4) is 0 Å². The van der Waals surface area contributed by atoms with E-state index in [1.54, 1.807) is 0 Å². The van der Waals surface area contributed by atoms with Crippen LogP contribution in [-0.4, -0.2) is 67.8 Å². The molecular formula is C20H36N5O9P. The third-order valence-electron chi connectivity index (χ3n) is 5.47. The van der Waals surface area contributed by atoms with Gasteiger partial charge in [-0.05, 0) is 19.8 Å². The fraction of sp³-hybridized carbons (Fsp3) is 0.750. The molecule has 1 fully saturated rings. The van der Waals surface area contributed by atoms with E-state index in [0.29, 0.717) is 13.0 Å². The summed E-state index contributed by atoms with van der Waals surface area (Å²) in [6, 6.07) is 0. The van der Waals surface area contributed by atoms with Gasteiger partial charge in [-0.1, -0.05) is 19.3 Å². The first-order valence-corrected chi connectivity index (χ1v) is 12.8. The Hall–Kier alpha value is -2.06. The number of nitrogens with one attached hydrogen (secondary N) is 2. The highest BCUT2D eigenvalue weighted by atomic mass is 31.2. The zero-order chi connectivity index (χ0) is 26.0. The van der Waals surface area contributed by atoms with Crippen molar-refractivity contribution in [1.29, 1.82) is 0 Å². The molecule has 1 aliphatic rings. The highest BCUT2D eigenvalue weighted by molar-refractivity contribution is 7.45. The van der Waals surface area contributed by atoms with Gasteiger partial charge < -0.3 is 28.2 Å². The number of ether oxygens (including phenoxy) is 3. The molecule has 200 valence electrons. The van der Waals surface area contributed by atoms with Gasteiger partial charge in [0.25, 0.3) is 13.4 Å². The van der Waals surface area contributed by atoms with Crippen LogP contribution >= 0.6 is 7.82 Å². The van der Waals surface area contributed by atoms with Crippen LogP contribution in [0.25, 0.3) is 0 Å². The van der Waals surface area contributed by atoms with Crippen LogP contribution in [-0.2, 0) is 27.8 Å². The van der Waals surface area contributed by atoms with Gasteiger partial charge in [0.2, 0.25) is 0 Å². The molecule has 5 atom stereocenters. The lowest BCUT2D eigenvalue weighted by Gasteiger charge is -2.30. The Morgan fingerprint density at radius 2 is 1.89 bits per heavy atom. The lowest BCUT2D eigenvalue weighted by atomic mass is 10.1. The maximum absolute atomic E-state index is 12.5. The van der Waals surface area contributed by atoms with E-state index in [9.17, 15) is 19.0 Å². The number of hydrogen-bond donors (Lipinski definition) is 4. The molecule has 0 aromatic carbocycles. The van der Waals surface area contributed by atoms with Crippen LogP contribution in [0.1, 0.15) is 43.9 Å². The van der Waals surface area contributed by atoms with Gasteiger partial charge >= 0.3 is 11.6 Å². The fourth-order valence-electron chi connectivity index (χ4n) is 3.71. The molecule has 0 aliphatic carbocycles. The summed E-state index contributed by atoms with van der Waals surface area (Å²) in [7, 11) is -2.27. The number of unbranched alkanes of at least 4 members (excludes halogenated alkanes) is 4. The van der Waals surface area contributed by atoms with E-state index in [1.165, 1.54) is 20.2 Å². The Morgan fingerprint density at radius 3 is 2.54 bits per heavy atom. The van der Waals surface area contributed by atoms with Crippen molar-refractivity contribution < 1.29 is 37.7 Å². The quantitative estimate of drug-likeness (QED) is 0.0826. The summed E-state index contributed by atoms with van der Waals surface area (Å²) in [5.41, 5.74) is 9.72. The Bertz CT molecular complexity index is 994. The Morgan fingerprint density at radius 1 is 1.20 bits per heavy atom. The van der Waals surface area contributed by atoms with Crippen LogP contribution in [0, 0.1) is 6.92 Å². The van der Waals surface area contributed by atoms with Crippen LogP contribution in [0.5, 0.6) is 0 Å². The van der Waals surface area contributed by atoms with Gasteiger partial charge in [-0.3, -0.25) is 35.4 Å². The summed E-state index contributed by atoms with van der Waals surface area (Å²) in [6.07, 6.45) is 1.62. The number of aromatic nitrogens is 2. The van der Waals surface area contributed by atoms with Gasteiger partial charge in [-0.2, -0.15) is 0 Å². The molecule has 6 N–H and O–H groups in total. The average molecular weight is 522 g/mol. The molecule has 1 aromatic heterocycles. The summed E-state index contributed by atoms with van der Waals surface area (Å²) in [5.74, 6) is 0.197. The minimum Gasteiger partial charge on any atom is -0.756 e. The Balaban J connectivity index is 2.13. The second kappa shape index (κ2) is 13.9. The van der Waals surface area contributed by atoms with Crippen LogP contribution in [0.2, 0.25) is 0 Å². The number of phosphoric ester groups is 1. The van der Waals surface area contributed by atoms with Crippen molar-refractivity contribution in [3.63, 3.8) is 0 Å². The summed E-state index contributed by atoms with van der Waals surface area (Å²) in [4.78, 5) is 41.5. The highest BCUT2D eigenvalue weighted by Crippen LogP contribution is 2.45. The van der Waals surface area contributed by atoms with Crippen molar-refractivity contribution >= 4 is 13.8 Å². The van der Waals surface area contributed by atoms with E-state index in [0.717, 1.165) is 37.4 Å². The Labute approximate surface area is 203 Å². The largest absolute Gasteiger partial charge is 0.756 e. The number of H-pyrrole nitrogens is 1. The Kier molecular flexibility index (Phi) is 11.6. The predicted octanol–water partition coefficient (Wildman–Crippen LogP) is -2.42. The van der Waals surface area contributed by atoms with Crippen LogP contribution in [0.4, 0.5) is 0 Å². The molecule has 1 aromatic rings. The van der Waals surface area contributed by atoms with Gasteiger partial charge in [0.1, 0.15) is 18.3 Å². The molecule has 0 spiro atoms. The number of nitrogens with zero attached hydrogens (tertiary/aromatic N) is 1. The van der Waals surface area contributed by atoms with Gasteiger partial charge in [0.05, 0.1) is 13.2 Å². The maximum Gasteiger partial charge on any atom is 0.338 e. The van der Waals surface area contributed by atoms with Crippen molar-refractivity contribution in [3.05, 3.63) is 32.6 Å². The SMILES string of the molecule is COC[C@H]1O[C@@H](n2cc(C)c(=O)[nH]c2=O)[C@@H](OCCCCCCC[NH+]=C(N)N)C1OP(=O)([O-])OC. The normalized spacial score (nSPS) is 23.8. The van der Waals surface area contributed by atoms with E-state index in [4.69, 9.17) is 30.2 Å². The lowest BCUT2D eigenvalue weighted by molar-refractivity contribution is -0.459. The monoisotopic (exact) mass is 521 g/mol. The van der Waals surface area contributed by atoms with Crippen molar-refractivity contribution in [2.75, 3.05) is 34.0 Å². The fourth-order valence-corrected chi connectivity index (χ4v) is 4.35. The van der Waals surface area contributed by atoms with E-state index < -0.39 is 43.6 Å². The van der Waals surface area contributed by atoms with Gasteiger partial charge in [0.15, 0.2) is 6.23 Å². The molecule has 14 nitrogen and oxygen atoms in total. The lowest BCUT2D eigenvalue weighted by Crippen LogP contribution is -2.78. The minimum atomic E-state index is -4.67. The minimum absolute atomic E-state index is 0.0272. The van der Waals surface area contributed by atoms with Gasteiger partial charge in [0, 0.05) is 32.6 Å². The third kappa shape index (κ3) is 8.83.